The van der Waals surface area contributed by atoms with E-state index < -0.39 is 38.6 Å². The molecular weight excluding hydrogens is 705 g/mol. The summed E-state index contributed by atoms with van der Waals surface area (Å²) in [6.45, 7) is 4.03. The summed E-state index contributed by atoms with van der Waals surface area (Å²) in [6.07, 6.45) is 44.2. The van der Waals surface area contributed by atoms with E-state index >= 15 is 0 Å². The molecule has 0 radical (unpaired) electrons. The number of aliphatic carboxylic acids is 1. The van der Waals surface area contributed by atoms with E-state index in [1.54, 1.807) is 0 Å². The molecule has 0 bridgehead atoms. The number of hydrogen-bond acceptors (Lipinski definition) is 5. The van der Waals surface area contributed by atoms with Gasteiger partial charge in [-0.15, -0.1) is 0 Å². The quantitative estimate of drug-likeness (QED) is 0.0527. The van der Waals surface area contributed by atoms with Crippen molar-refractivity contribution in [3.63, 3.8) is 0 Å². The molecular formula is C43H88N2O6S2. The first-order valence-corrected chi connectivity index (χ1v) is 26.1. The van der Waals surface area contributed by atoms with Crippen LogP contribution in [0.4, 0.5) is 0 Å². The Morgan fingerprint density at radius 1 is 0.396 bits per heavy atom. The van der Waals surface area contributed by atoms with Crippen molar-refractivity contribution in [3.8, 4) is 0 Å². The smallest absolute Gasteiger partial charge is 0.323 e. The first-order chi connectivity index (χ1) is 25.6. The molecule has 10 heteroatoms. The van der Waals surface area contributed by atoms with Crippen LogP contribution in [0.15, 0.2) is 0 Å². The predicted molar refractivity (Wildman–Crippen MR) is 228 cm³/mol. The zero-order valence-corrected chi connectivity index (χ0v) is 36.6. The molecule has 0 saturated carbocycles. The van der Waals surface area contributed by atoms with Crippen LogP contribution in [0.5, 0.6) is 0 Å². The molecule has 0 aliphatic rings. The second-order valence-electron chi connectivity index (χ2n) is 16.0. The third-order valence-corrected chi connectivity index (χ3v) is 13.6. The Morgan fingerprint density at radius 3 is 0.868 bits per heavy atom. The highest BCUT2D eigenvalue weighted by Gasteiger charge is 2.25. The molecule has 0 rings (SSSR count). The Morgan fingerprint density at radius 2 is 0.623 bits per heavy atom. The van der Waals surface area contributed by atoms with Crippen molar-refractivity contribution < 1.29 is 26.7 Å². The molecule has 53 heavy (non-hydrogen) atoms. The minimum Gasteiger partial charge on any atom is -0.480 e. The lowest BCUT2D eigenvalue weighted by atomic mass is 10.0. The summed E-state index contributed by atoms with van der Waals surface area (Å²) in [7, 11) is -7.51. The van der Waals surface area contributed by atoms with Gasteiger partial charge in [-0.3, -0.25) is 4.79 Å². The highest BCUT2D eigenvalue weighted by Crippen LogP contribution is 2.16. The highest BCUT2D eigenvalue weighted by molar-refractivity contribution is 7.89. The van der Waals surface area contributed by atoms with Gasteiger partial charge in [0.25, 0.3) is 0 Å². The largest absolute Gasteiger partial charge is 0.480 e. The molecule has 0 heterocycles. The van der Waals surface area contributed by atoms with Gasteiger partial charge in [-0.05, 0) is 12.8 Å². The number of rotatable bonds is 44. The number of hydrogen-bond donors (Lipinski definition) is 3. The Hall–Kier alpha value is -0.710. The SMILES string of the molecule is CCCCCCCCCCCCCCCCCCCCS(=O)(=O)NCC(NS(=O)(=O)CCCCCCCCCCCCCCCCCCCC)C(=O)O. The molecule has 0 aromatic heterocycles. The molecule has 1 unspecified atom stereocenters. The monoisotopic (exact) mass is 793 g/mol. The second-order valence-corrected chi connectivity index (χ2v) is 19.8. The topological polar surface area (TPSA) is 130 Å². The fourth-order valence-electron chi connectivity index (χ4n) is 7.12. The first-order valence-electron chi connectivity index (χ1n) is 22.8. The lowest BCUT2D eigenvalue weighted by molar-refractivity contribution is -0.138. The fourth-order valence-corrected chi connectivity index (χ4v) is 9.59. The molecule has 318 valence electrons. The Balaban J connectivity index is 3.79. The summed E-state index contributed by atoms with van der Waals surface area (Å²) in [5, 5.41) is 9.54. The molecule has 0 saturated heterocycles. The molecule has 0 fully saturated rings. The zero-order valence-electron chi connectivity index (χ0n) is 35.0. The van der Waals surface area contributed by atoms with E-state index in [4.69, 9.17) is 0 Å². The van der Waals surface area contributed by atoms with E-state index in [0.717, 1.165) is 38.5 Å². The van der Waals surface area contributed by atoms with Crippen LogP contribution in [0, 0.1) is 0 Å². The Labute approximate surface area is 330 Å². The van der Waals surface area contributed by atoms with Gasteiger partial charge in [0.2, 0.25) is 20.0 Å². The maximum Gasteiger partial charge on any atom is 0.323 e. The molecule has 0 aromatic carbocycles. The van der Waals surface area contributed by atoms with Crippen LogP contribution < -0.4 is 9.44 Å². The maximum atomic E-state index is 12.5. The van der Waals surface area contributed by atoms with Crippen molar-refractivity contribution in [2.75, 3.05) is 18.1 Å². The van der Waals surface area contributed by atoms with Crippen molar-refractivity contribution in [2.24, 2.45) is 0 Å². The summed E-state index contributed by atoms with van der Waals surface area (Å²) < 4.78 is 54.5. The molecule has 0 aliphatic carbocycles. The van der Waals surface area contributed by atoms with Gasteiger partial charge in [0.1, 0.15) is 6.04 Å². The summed E-state index contributed by atoms with van der Waals surface area (Å²) in [5.74, 6) is -1.62. The summed E-state index contributed by atoms with van der Waals surface area (Å²) in [4.78, 5) is 11.7. The van der Waals surface area contributed by atoms with E-state index in [-0.39, 0.29) is 11.5 Å². The van der Waals surface area contributed by atoms with E-state index in [0.29, 0.717) is 12.8 Å². The van der Waals surface area contributed by atoms with Gasteiger partial charge in [0.15, 0.2) is 0 Å². The molecule has 0 aliphatic heterocycles. The molecule has 0 amide bonds. The fraction of sp³-hybridized carbons (Fsp3) is 0.977. The van der Waals surface area contributed by atoms with Crippen LogP contribution in [0.25, 0.3) is 0 Å². The van der Waals surface area contributed by atoms with Crippen molar-refractivity contribution in [3.05, 3.63) is 0 Å². The zero-order chi connectivity index (χ0) is 39.1. The first kappa shape index (κ1) is 52.3. The number of carbonyl (C=O) groups is 1. The number of carboxylic acids is 1. The average Bonchev–Trinajstić information content (AvgIpc) is 3.12. The van der Waals surface area contributed by atoms with Gasteiger partial charge in [0, 0.05) is 6.54 Å². The third kappa shape index (κ3) is 39.3. The average molecular weight is 793 g/mol. The molecule has 0 aromatic rings. The lowest BCUT2D eigenvalue weighted by Gasteiger charge is -2.16. The van der Waals surface area contributed by atoms with Crippen LogP contribution in [0.3, 0.4) is 0 Å². The van der Waals surface area contributed by atoms with E-state index in [1.165, 1.54) is 180 Å². The predicted octanol–water partition coefficient (Wildman–Crippen LogP) is 12.4. The highest BCUT2D eigenvalue weighted by atomic mass is 32.2. The summed E-state index contributed by atoms with van der Waals surface area (Å²) >= 11 is 0. The van der Waals surface area contributed by atoms with E-state index in [9.17, 15) is 26.7 Å². The van der Waals surface area contributed by atoms with Crippen LogP contribution in [-0.2, 0) is 24.8 Å². The second kappa shape index (κ2) is 38.2. The summed E-state index contributed by atoms with van der Waals surface area (Å²) in [6, 6.07) is -1.52. The third-order valence-electron chi connectivity index (χ3n) is 10.7. The van der Waals surface area contributed by atoms with E-state index in [1.807, 2.05) is 0 Å². The molecule has 0 spiro atoms. The van der Waals surface area contributed by atoms with Gasteiger partial charge < -0.3 is 5.11 Å². The number of sulfonamides is 2. The minimum absolute atomic E-state index is 0.0792. The summed E-state index contributed by atoms with van der Waals surface area (Å²) in [5.41, 5.74) is 0. The van der Waals surface area contributed by atoms with Crippen LogP contribution in [-0.4, -0.2) is 52.0 Å². The van der Waals surface area contributed by atoms with Crippen molar-refractivity contribution >= 4 is 26.0 Å². The molecule has 3 N–H and O–H groups in total. The Bertz CT molecular complexity index is 1010. The van der Waals surface area contributed by atoms with Gasteiger partial charge in [-0.25, -0.2) is 21.6 Å². The molecule has 1 atom stereocenters. The normalized spacial score (nSPS) is 12.8. The number of nitrogens with one attached hydrogen (secondary N) is 2. The van der Waals surface area contributed by atoms with Gasteiger partial charge >= 0.3 is 5.97 Å². The van der Waals surface area contributed by atoms with Crippen LogP contribution in [0.1, 0.15) is 245 Å². The van der Waals surface area contributed by atoms with Crippen molar-refractivity contribution in [2.45, 2.75) is 251 Å². The van der Waals surface area contributed by atoms with Crippen molar-refractivity contribution in [1.82, 2.24) is 9.44 Å². The minimum atomic E-state index is -3.83. The standard InChI is InChI=1S/C43H88N2O6S2/c1-3-5-7-9-11-13-15-17-19-21-23-25-27-29-31-33-35-37-39-52(48,49)44-41-42(43(46)47)45-53(50,51)40-38-36-34-32-30-28-26-24-22-20-18-16-14-12-10-8-6-4-2/h42,44-45H,3-41H2,1-2H3,(H,46,47). The number of unbranched alkanes of at least 4 members (excludes halogenated alkanes) is 34. The Kier molecular flexibility index (Phi) is 37.7. The van der Waals surface area contributed by atoms with Crippen LogP contribution >= 0.6 is 0 Å². The van der Waals surface area contributed by atoms with Gasteiger partial charge in [-0.2, -0.15) is 4.72 Å². The van der Waals surface area contributed by atoms with Gasteiger partial charge in [0.05, 0.1) is 11.5 Å². The van der Waals surface area contributed by atoms with Crippen molar-refractivity contribution in [1.29, 1.82) is 0 Å². The maximum absolute atomic E-state index is 12.5. The van der Waals surface area contributed by atoms with E-state index in [2.05, 4.69) is 23.3 Å². The lowest BCUT2D eigenvalue weighted by Crippen LogP contribution is -2.49. The molecule has 8 nitrogen and oxygen atoms in total. The number of carboxylic acid groups (broad SMARTS) is 1. The van der Waals surface area contributed by atoms with Gasteiger partial charge in [-0.1, -0.05) is 232 Å². The van der Waals surface area contributed by atoms with Crippen LogP contribution in [0.2, 0.25) is 0 Å².